The Kier molecular flexibility index (Phi) is 3.17. The maximum absolute atomic E-state index is 10.3. The number of aromatic nitrogens is 1. The quantitative estimate of drug-likeness (QED) is 0.807. The Balaban J connectivity index is 1.92. The van der Waals surface area contributed by atoms with Crippen LogP contribution in [0.4, 0.5) is 5.13 Å². The lowest BCUT2D eigenvalue weighted by molar-refractivity contribution is -0.136. The number of carboxylic acids is 1. The van der Waals surface area contributed by atoms with Crippen molar-refractivity contribution in [2.45, 2.75) is 19.4 Å². The number of anilines is 1. The van der Waals surface area contributed by atoms with Crippen LogP contribution in [0.25, 0.3) is 0 Å². The number of carboxylic acid groups (broad SMARTS) is 1. The summed E-state index contributed by atoms with van der Waals surface area (Å²) >= 11 is 1.55. The lowest BCUT2D eigenvalue weighted by Crippen LogP contribution is -2.08. The molecular weight excluding hydrogens is 216 g/mol. The molecule has 2 heterocycles. The number of ether oxygens (including phenoxy) is 1. The second-order valence-corrected chi connectivity index (χ2v) is 4.35. The van der Waals surface area contributed by atoms with E-state index in [4.69, 9.17) is 9.84 Å². The monoisotopic (exact) mass is 228 g/mol. The number of hydrogen-bond donors (Lipinski definition) is 2. The Bertz CT molecular complexity index is 341. The summed E-state index contributed by atoms with van der Waals surface area (Å²) in [6, 6.07) is 0. The molecule has 15 heavy (non-hydrogen) atoms. The number of carbonyl (C=O) groups is 1. The number of rotatable bonds is 4. The molecule has 6 heteroatoms. The molecule has 0 saturated carbocycles. The molecule has 1 aliphatic rings. The first kappa shape index (κ1) is 10.4. The van der Waals surface area contributed by atoms with E-state index in [1.165, 1.54) is 0 Å². The van der Waals surface area contributed by atoms with Crippen LogP contribution in [0.3, 0.4) is 0 Å². The summed E-state index contributed by atoms with van der Waals surface area (Å²) in [5, 5.41) is 12.3. The maximum Gasteiger partial charge on any atom is 0.305 e. The van der Waals surface area contributed by atoms with Crippen molar-refractivity contribution in [1.29, 1.82) is 0 Å². The zero-order valence-electron chi connectivity index (χ0n) is 8.15. The summed E-state index contributed by atoms with van der Waals surface area (Å²) in [6.07, 6.45) is 0.965. The maximum atomic E-state index is 10.3. The highest BCUT2D eigenvalue weighted by Gasteiger charge is 2.15. The van der Waals surface area contributed by atoms with Crippen molar-refractivity contribution in [1.82, 2.24) is 4.98 Å². The fourth-order valence-corrected chi connectivity index (χ4v) is 2.35. The van der Waals surface area contributed by atoms with Gasteiger partial charge in [0, 0.05) is 13.0 Å². The predicted octanol–water partition coefficient (Wildman–Crippen LogP) is 1.10. The summed E-state index contributed by atoms with van der Waals surface area (Å²) in [4.78, 5) is 15.8. The predicted molar refractivity (Wildman–Crippen MR) is 56.2 cm³/mol. The van der Waals surface area contributed by atoms with E-state index in [0.717, 1.165) is 28.7 Å². The molecule has 0 fully saturated rings. The largest absolute Gasteiger partial charge is 0.481 e. The van der Waals surface area contributed by atoms with Crippen LogP contribution in [0, 0.1) is 0 Å². The van der Waals surface area contributed by atoms with Gasteiger partial charge in [-0.3, -0.25) is 4.79 Å². The van der Waals surface area contributed by atoms with E-state index in [1.54, 1.807) is 11.3 Å². The molecule has 0 saturated heterocycles. The van der Waals surface area contributed by atoms with Crippen LogP contribution in [0.2, 0.25) is 0 Å². The number of nitrogens with zero attached hydrogens (tertiary/aromatic N) is 1. The molecule has 1 aliphatic heterocycles. The Morgan fingerprint density at radius 2 is 2.53 bits per heavy atom. The van der Waals surface area contributed by atoms with Crippen molar-refractivity contribution in [3.63, 3.8) is 0 Å². The molecule has 0 aromatic carbocycles. The van der Waals surface area contributed by atoms with E-state index in [-0.39, 0.29) is 6.42 Å². The second-order valence-electron chi connectivity index (χ2n) is 3.26. The van der Waals surface area contributed by atoms with Gasteiger partial charge in [0.25, 0.3) is 0 Å². The van der Waals surface area contributed by atoms with Gasteiger partial charge in [-0.05, 0) is 0 Å². The summed E-state index contributed by atoms with van der Waals surface area (Å²) < 4.78 is 5.30. The summed E-state index contributed by atoms with van der Waals surface area (Å²) in [6.45, 7) is 1.78. The van der Waals surface area contributed by atoms with Gasteiger partial charge in [0.15, 0.2) is 5.13 Å². The lowest BCUT2D eigenvalue weighted by atomic mass is 10.2. The van der Waals surface area contributed by atoms with Crippen molar-refractivity contribution in [3.8, 4) is 0 Å². The van der Waals surface area contributed by atoms with Crippen LogP contribution in [0.15, 0.2) is 0 Å². The van der Waals surface area contributed by atoms with Crippen LogP contribution < -0.4 is 5.32 Å². The molecule has 2 N–H and O–H groups in total. The van der Waals surface area contributed by atoms with Gasteiger partial charge in [-0.2, -0.15) is 0 Å². The van der Waals surface area contributed by atoms with Crippen LogP contribution in [-0.4, -0.2) is 29.2 Å². The molecule has 0 aliphatic carbocycles. The van der Waals surface area contributed by atoms with Gasteiger partial charge >= 0.3 is 5.97 Å². The topological polar surface area (TPSA) is 71.5 Å². The van der Waals surface area contributed by atoms with Crippen LogP contribution in [0.1, 0.15) is 17.0 Å². The highest BCUT2D eigenvalue weighted by molar-refractivity contribution is 7.15. The first-order chi connectivity index (χ1) is 7.25. The third-order valence-corrected chi connectivity index (χ3v) is 3.14. The zero-order chi connectivity index (χ0) is 10.7. The third kappa shape index (κ3) is 2.66. The number of fused-ring (bicyclic) bond motifs is 1. The van der Waals surface area contributed by atoms with Crippen LogP contribution in [-0.2, 0) is 22.6 Å². The van der Waals surface area contributed by atoms with Crippen LogP contribution in [0.5, 0.6) is 0 Å². The Morgan fingerprint density at radius 1 is 1.67 bits per heavy atom. The van der Waals surface area contributed by atoms with E-state index in [2.05, 4.69) is 10.3 Å². The standard InChI is InChI=1S/C9H12N2O3S/c12-8(13)1-3-10-9-11-6-2-4-14-5-7(6)15-9/h1-5H2,(H,10,11)(H,12,13). The molecule has 5 nitrogen and oxygen atoms in total. The average molecular weight is 228 g/mol. The van der Waals surface area contributed by atoms with E-state index in [1.807, 2.05) is 0 Å². The van der Waals surface area contributed by atoms with Gasteiger partial charge in [-0.1, -0.05) is 11.3 Å². The van der Waals surface area contributed by atoms with Crippen molar-refractivity contribution in [3.05, 3.63) is 10.6 Å². The number of aliphatic carboxylic acids is 1. The third-order valence-electron chi connectivity index (χ3n) is 2.11. The van der Waals surface area contributed by atoms with E-state index < -0.39 is 5.97 Å². The molecule has 1 aromatic rings. The lowest BCUT2D eigenvalue weighted by Gasteiger charge is -2.08. The molecule has 0 bridgehead atoms. The second kappa shape index (κ2) is 4.59. The Morgan fingerprint density at radius 3 is 3.27 bits per heavy atom. The number of hydrogen-bond acceptors (Lipinski definition) is 5. The minimum absolute atomic E-state index is 0.112. The summed E-state index contributed by atoms with van der Waals surface area (Å²) in [5.41, 5.74) is 1.09. The SMILES string of the molecule is O=C(O)CCNc1nc2c(s1)COCC2. The normalized spacial score (nSPS) is 14.7. The van der Waals surface area contributed by atoms with Gasteiger partial charge in [0.05, 0.1) is 30.2 Å². The molecule has 0 unspecified atom stereocenters. The van der Waals surface area contributed by atoms with Crippen molar-refractivity contribution < 1.29 is 14.6 Å². The smallest absolute Gasteiger partial charge is 0.305 e. The molecule has 0 radical (unpaired) electrons. The highest BCUT2D eigenvalue weighted by Crippen LogP contribution is 2.26. The van der Waals surface area contributed by atoms with Crippen molar-refractivity contribution >= 4 is 22.4 Å². The van der Waals surface area contributed by atoms with Gasteiger partial charge in [0.1, 0.15) is 0 Å². The van der Waals surface area contributed by atoms with Gasteiger partial charge in [-0.25, -0.2) is 4.98 Å². The van der Waals surface area contributed by atoms with E-state index in [9.17, 15) is 4.79 Å². The molecule has 2 rings (SSSR count). The van der Waals surface area contributed by atoms with Crippen LogP contribution >= 0.6 is 11.3 Å². The van der Waals surface area contributed by atoms with Gasteiger partial charge < -0.3 is 15.2 Å². The number of thiazole rings is 1. The van der Waals surface area contributed by atoms with Gasteiger partial charge in [-0.15, -0.1) is 0 Å². The highest BCUT2D eigenvalue weighted by atomic mass is 32.1. The molecule has 1 aromatic heterocycles. The summed E-state index contributed by atoms with van der Waals surface area (Å²) in [5.74, 6) is -0.799. The van der Waals surface area contributed by atoms with Gasteiger partial charge in [0.2, 0.25) is 0 Å². The molecular formula is C9H12N2O3S. The number of nitrogens with one attached hydrogen (secondary N) is 1. The van der Waals surface area contributed by atoms with E-state index in [0.29, 0.717) is 13.2 Å². The first-order valence-electron chi connectivity index (χ1n) is 4.77. The molecule has 0 spiro atoms. The first-order valence-corrected chi connectivity index (χ1v) is 5.59. The minimum atomic E-state index is -0.799. The Hall–Kier alpha value is -1.14. The fourth-order valence-electron chi connectivity index (χ4n) is 1.38. The van der Waals surface area contributed by atoms with E-state index >= 15 is 0 Å². The van der Waals surface area contributed by atoms with Crippen molar-refractivity contribution in [2.75, 3.05) is 18.5 Å². The summed E-state index contributed by atoms with van der Waals surface area (Å²) in [7, 11) is 0. The molecule has 0 amide bonds. The minimum Gasteiger partial charge on any atom is -0.481 e. The molecule has 82 valence electrons. The molecule has 0 atom stereocenters. The van der Waals surface area contributed by atoms with Crippen molar-refractivity contribution in [2.24, 2.45) is 0 Å². The Labute approximate surface area is 91.1 Å². The fraction of sp³-hybridized carbons (Fsp3) is 0.556. The zero-order valence-corrected chi connectivity index (χ0v) is 8.97. The average Bonchev–Trinajstić information content (AvgIpc) is 2.59.